The highest BCUT2D eigenvalue weighted by Gasteiger charge is 2.12. The van der Waals surface area contributed by atoms with Gasteiger partial charge >= 0.3 is 5.97 Å². The van der Waals surface area contributed by atoms with Gasteiger partial charge in [0.15, 0.2) is 0 Å². The van der Waals surface area contributed by atoms with Crippen LogP contribution in [0.25, 0.3) is 10.8 Å². The predicted octanol–water partition coefficient (Wildman–Crippen LogP) is 4.42. The van der Waals surface area contributed by atoms with Gasteiger partial charge < -0.3 is 9.84 Å². The summed E-state index contributed by atoms with van der Waals surface area (Å²) >= 11 is 6.13. The van der Waals surface area contributed by atoms with Crippen LogP contribution in [0.4, 0.5) is 0 Å². The van der Waals surface area contributed by atoms with Crippen LogP contribution >= 0.6 is 11.6 Å². The second-order valence-electron chi connectivity index (χ2n) is 4.57. The SMILES string of the molecule is O=C(Oc1cc2ccc(O)cc2cc1Cl)c1ccccc1. The van der Waals surface area contributed by atoms with Crippen molar-refractivity contribution in [2.24, 2.45) is 0 Å². The number of aromatic hydroxyl groups is 1. The van der Waals surface area contributed by atoms with E-state index >= 15 is 0 Å². The van der Waals surface area contributed by atoms with Crippen molar-refractivity contribution in [3.05, 3.63) is 71.2 Å². The molecule has 0 atom stereocenters. The summed E-state index contributed by atoms with van der Waals surface area (Å²) in [6.45, 7) is 0. The number of carbonyl (C=O) groups excluding carboxylic acids is 1. The van der Waals surface area contributed by atoms with Crippen LogP contribution in [0.5, 0.6) is 11.5 Å². The van der Waals surface area contributed by atoms with Crippen LogP contribution in [0.2, 0.25) is 5.02 Å². The topological polar surface area (TPSA) is 46.5 Å². The lowest BCUT2D eigenvalue weighted by molar-refractivity contribution is 0.0735. The Labute approximate surface area is 126 Å². The highest BCUT2D eigenvalue weighted by Crippen LogP contribution is 2.32. The van der Waals surface area contributed by atoms with Crippen LogP contribution in [0.1, 0.15) is 10.4 Å². The summed E-state index contributed by atoms with van der Waals surface area (Å²) in [5, 5.41) is 11.4. The molecule has 3 nitrogen and oxygen atoms in total. The minimum Gasteiger partial charge on any atom is -0.508 e. The van der Waals surface area contributed by atoms with Gasteiger partial charge in [0.25, 0.3) is 0 Å². The molecule has 0 aliphatic rings. The van der Waals surface area contributed by atoms with Gasteiger partial charge in [-0.1, -0.05) is 35.9 Å². The molecule has 3 aromatic rings. The van der Waals surface area contributed by atoms with E-state index in [0.29, 0.717) is 16.3 Å². The highest BCUT2D eigenvalue weighted by molar-refractivity contribution is 6.33. The number of fused-ring (bicyclic) bond motifs is 1. The minimum atomic E-state index is -0.462. The van der Waals surface area contributed by atoms with Crippen LogP contribution in [-0.2, 0) is 0 Å². The quantitative estimate of drug-likeness (QED) is 0.563. The Balaban J connectivity index is 1.95. The number of phenolic OH excluding ortho intramolecular Hbond substituents is 1. The fraction of sp³-hybridized carbons (Fsp3) is 0. The zero-order valence-corrected chi connectivity index (χ0v) is 11.7. The smallest absolute Gasteiger partial charge is 0.343 e. The van der Waals surface area contributed by atoms with Gasteiger partial charge in [-0.15, -0.1) is 0 Å². The molecule has 0 heterocycles. The van der Waals surface area contributed by atoms with E-state index in [0.717, 1.165) is 10.8 Å². The number of halogens is 1. The number of hydrogen-bond donors (Lipinski definition) is 1. The average Bonchev–Trinajstić information content (AvgIpc) is 2.49. The lowest BCUT2D eigenvalue weighted by Gasteiger charge is -2.08. The molecule has 104 valence electrons. The summed E-state index contributed by atoms with van der Waals surface area (Å²) in [5.74, 6) is -0.00747. The third-order valence-corrected chi connectivity index (χ3v) is 3.38. The van der Waals surface area contributed by atoms with Gasteiger partial charge in [0, 0.05) is 0 Å². The standard InChI is InChI=1S/C17H11ClO3/c18-15-9-13-8-14(19)7-6-12(13)10-16(15)21-17(20)11-4-2-1-3-5-11/h1-10,19H. The van der Waals surface area contributed by atoms with Gasteiger partial charge in [0.2, 0.25) is 0 Å². The summed E-state index contributed by atoms with van der Waals surface area (Å²) in [5.41, 5.74) is 0.458. The van der Waals surface area contributed by atoms with E-state index in [4.69, 9.17) is 16.3 Å². The second kappa shape index (κ2) is 5.46. The maximum atomic E-state index is 12.0. The Kier molecular flexibility index (Phi) is 3.50. The molecule has 0 aliphatic carbocycles. The van der Waals surface area contributed by atoms with Crippen molar-refractivity contribution >= 4 is 28.3 Å². The maximum Gasteiger partial charge on any atom is 0.343 e. The zero-order valence-electron chi connectivity index (χ0n) is 10.9. The van der Waals surface area contributed by atoms with Crippen LogP contribution in [0, 0.1) is 0 Å². The Hall–Kier alpha value is -2.52. The van der Waals surface area contributed by atoms with Crippen LogP contribution in [0.15, 0.2) is 60.7 Å². The van der Waals surface area contributed by atoms with Gasteiger partial charge in [0.1, 0.15) is 11.5 Å². The molecule has 0 amide bonds. The largest absolute Gasteiger partial charge is 0.508 e. The third-order valence-electron chi connectivity index (χ3n) is 3.09. The maximum absolute atomic E-state index is 12.0. The van der Waals surface area contributed by atoms with E-state index in [1.54, 1.807) is 54.6 Å². The molecule has 0 aromatic heterocycles. The fourth-order valence-electron chi connectivity index (χ4n) is 2.05. The van der Waals surface area contributed by atoms with Gasteiger partial charge in [-0.25, -0.2) is 4.79 Å². The van der Waals surface area contributed by atoms with Crippen LogP contribution in [-0.4, -0.2) is 11.1 Å². The molecule has 0 saturated carbocycles. The first-order chi connectivity index (χ1) is 10.1. The number of carbonyl (C=O) groups is 1. The molecule has 21 heavy (non-hydrogen) atoms. The Morgan fingerprint density at radius 2 is 1.71 bits per heavy atom. The molecular weight excluding hydrogens is 288 g/mol. The molecule has 0 bridgehead atoms. The summed E-state index contributed by atoms with van der Waals surface area (Å²) in [7, 11) is 0. The van der Waals surface area contributed by atoms with E-state index in [1.807, 2.05) is 6.07 Å². The fourth-order valence-corrected chi connectivity index (χ4v) is 2.26. The first kappa shape index (κ1) is 13.5. The van der Waals surface area contributed by atoms with Crippen molar-refractivity contribution in [2.45, 2.75) is 0 Å². The van der Waals surface area contributed by atoms with Crippen molar-refractivity contribution in [1.82, 2.24) is 0 Å². The molecular formula is C17H11ClO3. The van der Waals surface area contributed by atoms with Gasteiger partial charge in [-0.3, -0.25) is 0 Å². The molecule has 3 aromatic carbocycles. The molecule has 4 heteroatoms. The van der Waals surface area contributed by atoms with Crippen molar-refractivity contribution in [3.8, 4) is 11.5 Å². The van der Waals surface area contributed by atoms with Crippen molar-refractivity contribution in [2.75, 3.05) is 0 Å². The lowest BCUT2D eigenvalue weighted by Crippen LogP contribution is -2.08. The number of phenols is 1. The molecule has 1 N–H and O–H groups in total. The minimum absolute atomic E-state index is 0.160. The predicted molar refractivity (Wildman–Crippen MR) is 82.0 cm³/mol. The Morgan fingerprint density at radius 1 is 0.952 bits per heavy atom. The van der Waals surface area contributed by atoms with Crippen molar-refractivity contribution in [1.29, 1.82) is 0 Å². The number of hydrogen-bond acceptors (Lipinski definition) is 3. The van der Waals surface area contributed by atoms with Crippen LogP contribution < -0.4 is 4.74 Å². The summed E-state index contributed by atoms with van der Waals surface area (Å²) in [4.78, 5) is 12.0. The van der Waals surface area contributed by atoms with Crippen molar-refractivity contribution < 1.29 is 14.6 Å². The lowest BCUT2D eigenvalue weighted by atomic mass is 10.1. The third kappa shape index (κ3) is 2.83. The van der Waals surface area contributed by atoms with E-state index in [1.165, 1.54) is 0 Å². The molecule has 0 unspecified atom stereocenters. The summed E-state index contributed by atoms with van der Waals surface area (Å²) in [6, 6.07) is 17.0. The van der Waals surface area contributed by atoms with Gasteiger partial charge in [-0.2, -0.15) is 0 Å². The Bertz CT molecular complexity index is 813. The van der Waals surface area contributed by atoms with Gasteiger partial charge in [0.05, 0.1) is 10.6 Å². The molecule has 0 saturated heterocycles. The number of benzene rings is 3. The zero-order chi connectivity index (χ0) is 14.8. The molecule has 0 aliphatic heterocycles. The van der Waals surface area contributed by atoms with E-state index in [2.05, 4.69) is 0 Å². The van der Waals surface area contributed by atoms with E-state index in [9.17, 15) is 9.90 Å². The van der Waals surface area contributed by atoms with E-state index in [-0.39, 0.29) is 5.75 Å². The first-order valence-corrected chi connectivity index (χ1v) is 6.71. The van der Waals surface area contributed by atoms with Crippen LogP contribution in [0.3, 0.4) is 0 Å². The number of esters is 1. The normalized spacial score (nSPS) is 10.5. The summed E-state index contributed by atoms with van der Waals surface area (Å²) in [6.07, 6.45) is 0. The van der Waals surface area contributed by atoms with Crippen molar-refractivity contribution in [3.63, 3.8) is 0 Å². The molecule has 3 rings (SSSR count). The van der Waals surface area contributed by atoms with Gasteiger partial charge in [-0.05, 0) is 47.2 Å². The molecule has 0 radical (unpaired) electrons. The summed E-state index contributed by atoms with van der Waals surface area (Å²) < 4.78 is 5.34. The molecule has 0 fully saturated rings. The highest BCUT2D eigenvalue weighted by atomic mass is 35.5. The first-order valence-electron chi connectivity index (χ1n) is 6.33. The van der Waals surface area contributed by atoms with E-state index < -0.39 is 5.97 Å². The second-order valence-corrected chi connectivity index (χ2v) is 4.98. The Morgan fingerprint density at radius 3 is 2.48 bits per heavy atom. The number of rotatable bonds is 2. The average molecular weight is 299 g/mol. The molecule has 0 spiro atoms. The monoisotopic (exact) mass is 298 g/mol. The number of ether oxygens (including phenoxy) is 1.